The largest absolute Gasteiger partial charge is 0.497 e. The Bertz CT molecular complexity index is 828. The van der Waals surface area contributed by atoms with Gasteiger partial charge >= 0.3 is 0 Å². The summed E-state index contributed by atoms with van der Waals surface area (Å²) in [7, 11) is 1.67. The van der Waals surface area contributed by atoms with Crippen molar-refractivity contribution in [1.82, 2.24) is 9.97 Å². The fourth-order valence-corrected chi connectivity index (χ4v) is 3.08. The maximum Gasteiger partial charge on any atom is 0.225 e. The Morgan fingerprint density at radius 2 is 1.58 bits per heavy atom. The lowest BCUT2D eigenvalue weighted by molar-refractivity contribution is 0.415. The zero-order valence-corrected chi connectivity index (χ0v) is 13.6. The molecule has 4 heteroatoms. The summed E-state index contributed by atoms with van der Waals surface area (Å²) >= 11 is 0. The van der Waals surface area contributed by atoms with E-state index in [9.17, 15) is 0 Å². The van der Waals surface area contributed by atoms with Crippen molar-refractivity contribution in [3.8, 4) is 16.9 Å². The molecule has 3 aromatic rings. The van der Waals surface area contributed by atoms with Crippen LogP contribution in [0.4, 0.5) is 5.95 Å². The maximum absolute atomic E-state index is 5.19. The maximum atomic E-state index is 5.19. The van der Waals surface area contributed by atoms with Crippen molar-refractivity contribution in [2.75, 3.05) is 18.6 Å². The molecule has 1 aliphatic heterocycles. The van der Waals surface area contributed by atoms with Crippen LogP contribution in [0.1, 0.15) is 11.1 Å². The third kappa shape index (κ3) is 2.83. The minimum atomic E-state index is 0.793. The molecule has 0 N–H and O–H groups in total. The summed E-state index contributed by atoms with van der Waals surface area (Å²) in [4.78, 5) is 11.4. The summed E-state index contributed by atoms with van der Waals surface area (Å²) in [6.45, 7) is 1.83. The van der Waals surface area contributed by atoms with Crippen LogP contribution in [0.25, 0.3) is 11.1 Å². The normalized spacial score (nSPS) is 13.5. The predicted octanol–water partition coefficient (Wildman–Crippen LogP) is 3.71. The highest BCUT2D eigenvalue weighted by molar-refractivity contribution is 5.63. The number of hydrogen-bond acceptors (Lipinski definition) is 4. The number of benzene rings is 2. The highest BCUT2D eigenvalue weighted by atomic mass is 16.5. The first-order valence-electron chi connectivity index (χ1n) is 8.12. The molecule has 1 aliphatic rings. The van der Waals surface area contributed by atoms with Gasteiger partial charge in [0.05, 0.1) is 7.11 Å². The highest BCUT2D eigenvalue weighted by Crippen LogP contribution is 2.24. The van der Waals surface area contributed by atoms with Crippen LogP contribution in [0.15, 0.2) is 60.9 Å². The van der Waals surface area contributed by atoms with Gasteiger partial charge in [0.25, 0.3) is 0 Å². The monoisotopic (exact) mass is 317 g/mol. The summed E-state index contributed by atoms with van der Waals surface area (Å²) in [5, 5.41) is 0. The van der Waals surface area contributed by atoms with Crippen LogP contribution < -0.4 is 9.64 Å². The number of rotatable bonds is 3. The summed E-state index contributed by atoms with van der Waals surface area (Å²) in [5.41, 5.74) is 4.90. The van der Waals surface area contributed by atoms with Crippen LogP contribution in [0.3, 0.4) is 0 Å². The van der Waals surface area contributed by atoms with Crippen molar-refractivity contribution < 1.29 is 4.74 Å². The lowest BCUT2D eigenvalue weighted by Crippen LogP contribution is -2.31. The van der Waals surface area contributed by atoms with E-state index >= 15 is 0 Å². The molecule has 1 aromatic heterocycles. The molecule has 0 spiro atoms. The van der Waals surface area contributed by atoms with Crippen molar-refractivity contribution >= 4 is 5.95 Å². The average molecular weight is 317 g/mol. The first-order chi connectivity index (χ1) is 11.8. The second kappa shape index (κ2) is 6.32. The van der Waals surface area contributed by atoms with E-state index in [0.29, 0.717) is 0 Å². The molecule has 0 atom stereocenters. The van der Waals surface area contributed by atoms with E-state index in [-0.39, 0.29) is 0 Å². The van der Waals surface area contributed by atoms with E-state index in [4.69, 9.17) is 4.74 Å². The second-order valence-electron chi connectivity index (χ2n) is 5.94. The van der Waals surface area contributed by atoms with Gasteiger partial charge in [-0.2, -0.15) is 0 Å². The third-order valence-electron chi connectivity index (χ3n) is 4.48. The fourth-order valence-electron chi connectivity index (χ4n) is 3.08. The van der Waals surface area contributed by atoms with Crippen molar-refractivity contribution in [3.63, 3.8) is 0 Å². The van der Waals surface area contributed by atoms with Crippen LogP contribution in [0.2, 0.25) is 0 Å². The number of ether oxygens (including phenoxy) is 1. The first-order valence-corrected chi connectivity index (χ1v) is 8.12. The third-order valence-corrected chi connectivity index (χ3v) is 4.48. The Kier molecular flexibility index (Phi) is 3.87. The van der Waals surface area contributed by atoms with Crippen molar-refractivity contribution in [3.05, 3.63) is 72.1 Å². The molecule has 4 nitrogen and oxygen atoms in total. The Balaban J connectivity index is 1.54. The SMILES string of the molecule is COc1ccc(-c2cnc(N3CCc4ccccc4C3)nc2)cc1. The lowest BCUT2D eigenvalue weighted by atomic mass is 10.0. The Morgan fingerprint density at radius 3 is 2.29 bits per heavy atom. The molecule has 4 rings (SSSR count). The van der Waals surface area contributed by atoms with Crippen LogP contribution in [-0.4, -0.2) is 23.6 Å². The molecule has 2 heterocycles. The second-order valence-corrected chi connectivity index (χ2v) is 5.94. The number of hydrogen-bond donors (Lipinski definition) is 0. The van der Waals surface area contributed by atoms with E-state index in [2.05, 4.69) is 39.1 Å². The van der Waals surface area contributed by atoms with Crippen LogP contribution >= 0.6 is 0 Å². The molecule has 0 unspecified atom stereocenters. The summed E-state index contributed by atoms with van der Waals surface area (Å²) in [6.07, 6.45) is 4.83. The smallest absolute Gasteiger partial charge is 0.225 e. The summed E-state index contributed by atoms with van der Waals surface area (Å²) in [6, 6.07) is 16.5. The van der Waals surface area contributed by atoms with Crippen LogP contribution in [0, 0.1) is 0 Å². The number of anilines is 1. The minimum Gasteiger partial charge on any atom is -0.497 e. The molecule has 0 fully saturated rings. The van der Waals surface area contributed by atoms with Crippen molar-refractivity contribution in [2.24, 2.45) is 0 Å². The van der Waals surface area contributed by atoms with E-state index in [1.807, 2.05) is 36.7 Å². The molecular weight excluding hydrogens is 298 g/mol. The molecule has 0 bridgehead atoms. The van der Waals surface area contributed by atoms with Gasteiger partial charge in [-0.15, -0.1) is 0 Å². The topological polar surface area (TPSA) is 38.2 Å². The van der Waals surface area contributed by atoms with E-state index in [1.165, 1.54) is 11.1 Å². The molecule has 2 aromatic carbocycles. The standard InChI is InChI=1S/C20H19N3O/c1-24-19-8-6-16(7-9-19)18-12-21-20(22-13-18)23-11-10-15-4-2-3-5-17(15)14-23/h2-9,12-13H,10-11,14H2,1H3. The predicted molar refractivity (Wildman–Crippen MR) is 95.2 cm³/mol. The van der Waals surface area contributed by atoms with Gasteiger partial charge in [0.2, 0.25) is 5.95 Å². The van der Waals surface area contributed by atoms with Crippen LogP contribution in [-0.2, 0) is 13.0 Å². The number of fused-ring (bicyclic) bond motifs is 1. The molecule has 0 saturated carbocycles. The molecule has 120 valence electrons. The number of aromatic nitrogens is 2. The Labute approximate surface area is 141 Å². The Hall–Kier alpha value is -2.88. The fraction of sp³-hybridized carbons (Fsp3) is 0.200. The zero-order valence-electron chi connectivity index (χ0n) is 13.6. The molecule has 0 saturated heterocycles. The Morgan fingerprint density at radius 1 is 0.875 bits per heavy atom. The number of methoxy groups -OCH3 is 1. The quantitative estimate of drug-likeness (QED) is 0.738. The number of nitrogens with zero attached hydrogens (tertiary/aromatic N) is 3. The van der Waals surface area contributed by atoms with Gasteiger partial charge in [-0.3, -0.25) is 0 Å². The van der Waals surface area contributed by atoms with Gasteiger partial charge < -0.3 is 9.64 Å². The van der Waals surface area contributed by atoms with Gasteiger partial charge in [-0.25, -0.2) is 9.97 Å². The summed E-state index contributed by atoms with van der Waals surface area (Å²) < 4.78 is 5.19. The summed E-state index contributed by atoms with van der Waals surface area (Å²) in [5.74, 6) is 1.64. The highest BCUT2D eigenvalue weighted by Gasteiger charge is 2.17. The molecule has 24 heavy (non-hydrogen) atoms. The van der Waals surface area contributed by atoms with Gasteiger partial charge in [-0.1, -0.05) is 36.4 Å². The van der Waals surface area contributed by atoms with Crippen LogP contribution in [0.5, 0.6) is 5.75 Å². The lowest BCUT2D eigenvalue weighted by Gasteiger charge is -2.28. The first kappa shape index (κ1) is 14.7. The van der Waals surface area contributed by atoms with E-state index in [1.54, 1.807) is 7.11 Å². The van der Waals surface area contributed by atoms with E-state index in [0.717, 1.165) is 42.3 Å². The van der Waals surface area contributed by atoms with Gasteiger partial charge in [0.15, 0.2) is 0 Å². The van der Waals surface area contributed by atoms with Crippen molar-refractivity contribution in [1.29, 1.82) is 0 Å². The molecule has 0 amide bonds. The molecule has 0 radical (unpaired) electrons. The zero-order chi connectivity index (χ0) is 16.4. The van der Waals surface area contributed by atoms with Gasteiger partial charge in [0, 0.05) is 31.0 Å². The van der Waals surface area contributed by atoms with Gasteiger partial charge in [0.1, 0.15) is 5.75 Å². The molecule has 0 aliphatic carbocycles. The molecular formula is C20H19N3O. The van der Waals surface area contributed by atoms with E-state index < -0.39 is 0 Å². The van der Waals surface area contributed by atoms with Gasteiger partial charge in [-0.05, 0) is 35.2 Å². The minimum absolute atomic E-state index is 0.793. The average Bonchev–Trinajstić information content (AvgIpc) is 2.68. The van der Waals surface area contributed by atoms with Crippen molar-refractivity contribution in [2.45, 2.75) is 13.0 Å².